The highest BCUT2D eigenvalue weighted by molar-refractivity contribution is 7.99. The normalized spacial score (nSPS) is 23.1. The van der Waals surface area contributed by atoms with Crippen LogP contribution in [-0.4, -0.2) is 34.7 Å². The van der Waals surface area contributed by atoms with Crippen molar-refractivity contribution >= 4 is 29.3 Å². The molecule has 1 atom stereocenters. The predicted octanol–water partition coefficient (Wildman–Crippen LogP) is 2.25. The van der Waals surface area contributed by atoms with Crippen LogP contribution >= 0.6 is 23.4 Å². The Kier molecular flexibility index (Phi) is 4.20. The summed E-state index contributed by atoms with van der Waals surface area (Å²) in [5.41, 5.74) is 0.571. The summed E-state index contributed by atoms with van der Waals surface area (Å²) in [5.74, 6) is 1.39. The minimum Gasteiger partial charge on any atom is -0.387 e. The summed E-state index contributed by atoms with van der Waals surface area (Å²) >= 11 is 7.80. The molecule has 0 aliphatic carbocycles. The molecule has 0 bridgehead atoms. The number of thioether (sulfide) groups is 1. The number of hydrogen-bond acceptors (Lipinski definition) is 3. The topological polar surface area (TPSA) is 49.3 Å². The average Bonchev–Trinajstić information content (AvgIpc) is 2.77. The third-order valence-electron chi connectivity index (χ3n) is 3.10. The first-order valence-corrected chi connectivity index (χ1v) is 7.38. The van der Waals surface area contributed by atoms with Crippen LogP contribution in [0.4, 0.5) is 0 Å². The van der Waals surface area contributed by atoms with E-state index in [0.29, 0.717) is 16.3 Å². The van der Waals surface area contributed by atoms with E-state index in [1.165, 1.54) is 0 Å². The van der Waals surface area contributed by atoms with Gasteiger partial charge in [-0.15, -0.1) is 0 Å². The number of carbonyl (C=O) groups is 1. The number of benzene rings is 1. The summed E-state index contributed by atoms with van der Waals surface area (Å²) in [6, 6.07) is 5.36. The van der Waals surface area contributed by atoms with Gasteiger partial charge in [0.1, 0.15) is 0 Å². The number of hydrogen-bond donors (Lipinski definition) is 2. The van der Waals surface area contributed by atoms with Crippen molar-refractivity contribution in [2.45, 2.75) is 18.9 Å². The van der Waals surface area contributed by atoms with Gasteiger partial charge in [-0.25, -0.2) is 0 Å². The van der Waals surface area contributed by atoms with Gasteiger partial charge in [-0.3, -0.25) is 4.79 Å². The second-order valence-corrected chi connectivity index (χ2v) is 6.13. The van der Waals surface area contributed by atoms with Crippen LogP contribution in [0, 0.1) is 6.92 Å². The largest absolute Gasteiger partial charge is 0.387 e. The molecule has 5 heteroatoms. The highest BCUT2D eigenvalue weighted by atomic mass is 35.5. The van der Waals surface area contributed by atoms with Gasteiger partial charge < -0.3 is 10.4 Å². The number of halogens is 1. The molecular formula is C13H16ClNO2S. The maximum absolute atomic E-state index is 12.0. The fraction of sp³-hybridized carbons (Fsp3) is 0.462. The quantitative estimate of drug-likeness (QED) is 0.895. The average molecular weight is 286 g/mol. The van der Waals surface area contributed by atoms with E-state index in [2.05, 4.69) is 5.32 Å². The fourth-order valence-corrected chi connectivity index (χ4v) is 3.41. The van der Waals surface area contributed by atoms with E-state index in [-0.39, 0.29) is 12.5 Å². The van der Waals surface area contributed by atoms with Gasteiger partial charge in [-0.1, -0.05) is 23.7 Å². The van der Waals surface area contributed by atoms with Crippen molar-refractivity contribution in [3.63, 3.8) is 0 Å². The number of nitrogens with one attached hydrogen (secondary N) is 1. The molecule has 2 N–H and O–H groups in total. The molecule has 1 aromatic rings. The van der Waals surface area contributed by atoms with E-state index in [1.807, 2.05) is 13.0 Å². The van der Waals surface area contributed by atoms with E-state index < -0.39 is 5.60 Å². The van der Waals surface area contributed by atoms with E-state index in [0.717, 1.165) is 17.7 Å². The Hall–Kier alpha value is -0.710. The fourth-order valence-electron chi connectivity index (χ4n) is 1.90. The standard InChI is InChI=1S/C13H16ClNO2S/c1-9-3-2-4-10(11(9)14)12(16)15-7-13(17)5-6-18-8-13/h2-4,17H,5-8H2,1H3,(H,15,16). The zero-order valence-electron chi connectivity index (χ0n) is 10.2. The summed E-state index contributed by atoms with van der Waals surface area (Å²) in [6.45, 7) is 2.14. The van der Waals surface area contributed by atoms with E-state index in [9.17, 15) is 9.90 Å². The van der Waals surface area contributed by atoms with Crippen molar-refractivity contribution in [3.8, 4) is 0 Å². The third kappa shape index (κ3) is 2.99. The lowest BCUT2D eigenvalue weighted by molar-refractivity contribution is 0.0612. The number of amides is 1. The molecular weight excluding hydrogens is 270 g/mol. The number of carbonyl (C=O) groups excluding carboxylic acids is 1. The highest BCUT2D eigenvalue weighted by Gasteiger charge is 2.32. The Morgan fingerprint density at radius 1 is 1.61 bits per heavy atom. The van der Waals surface area contributed by atoms with Crippen LogP contribution < -0.4 is 5.32 Å². The van der Waals surface area contributed by atoms with E-state index >= 15 is 0 Å². The van der Waals surface area contributed by atoms with Crippen LogP contribution in [0.15, 0.2) is 18.2 Å². The van der Waals surface area contributed by atoms with Gasteiger partial charge in [-0.2, -0.15) is 11.8 Å². The molecule has 1 saturated heterocycles. The van der Waals surface area contributed by atoms with Gasteiger partial charge in [0.05, 0.1) is 16.2 Å². The van der Waals surface area contributed by atoms with Crippen molar-refractivity contribution in [2.24, 2.45) is 0 Å². The Morgan fingerprint density at radius 2 is 2.39 bits per heavy atom. The van der Waals surface area contributed by atoms with E-state index in [1.54, 1.807) is 23.9 Å². The molecule has 1 aromatic carbocycles. The second kappa shape index (κ2) is 5.51. The Morgan fingerprint density at radius 3 is 3.06 bits per heavy atom. The van der Waals surface area contributed by atoms with Gasteiger partial charge in [0.2, 0.25) is 0 Å². The van der Waals surface area contributed by atoms with Crippen LogP contribution in [0.25, 0.3) is 0 Å². The molecule has 1 heterocycles. The molecule has 1 aliphatic heterocycles. The van der Waals surface area contributed by atoms with Crippen molar-refractivity contribution in [3.05, 3.63) is 34.3 Å². The Labute approximate surface area is 116 Å². The molecule has 0 spiro atoms. The van der Waals surface area contributed by atoms with Crippen molar-refractivity contribution < 1.29 is 9.90 Å². The molecule has 18 heavy (non-hydrogen) atoms. The van der Waals surface area contributed by atoms with Gasteiger partial charge in [0, 0.05) is 12.3 Å². The van der Waals surface area contributed by atoms with Crippen LogP contribution in [0.1, 0.15) is 22.3 Å². The molecule has 0 radical (unpaired) electrons. The molecule has 2 rings (SSSR count). The molecule has 1 unspecified atom stereocenters. The van der Waals surface area contributed by atoms with Crippen LogP contribution in [0.2, 0.25) is 5.02 Å². The van der Waals surface area contributed by atoms with Crippen LogP contribution in [0.5, 0.6) is 0 Å². The zero-order chi connectivity index (χ0) is 13.2. The smallest absolute Gasteiger partial charge is 0.252 e. The first-order chi connectivity index (χ1) is 8.52. The molecule has 0 saturated carbocycles. The lowest BCUT2D eigenvalue weighted by atomic mass is 10.0. The summed E-state index contributed by atoms with van der Waals surface area (Å²) in [6.07, 6.45) is 0.722. The summed E-state index contributed by atoms with van der Waals surface area (Å²) in [4.78, 5) is 12.0. The monoisotopic (exact) mass is 285 g/mol. The van der Waals surface area contributed by atoms with Crippen molar-refractivity contribution in [1.82, 2.24) is 5.32 Å². The number of aryl methyl sites for hydroxylation is 1. The zero-order valence-corrected chi connectivity index (χ0v) is 11.8. The highest BCUT2D eigenvalue weighted by Crippen LogP contribution is 2.27. The maximum Gasteiger partial charge on any atom is 0.252 e. The lowest BCUT2D eigenvalue weighted by Crippen LogP contribution is -2.43. The van der Waals surface area contributed by atoms with Gasteiger partial charge in [0.25, 0.3) is 5.91 Å². The predicted molar refractivity (Wildman–Crippen MR) is 75.4 cm³/mol. The first-order valence-electron chi connectivity index (χ1n) is 5.85. The minimum absolute atomic E-state index is 0.228. The molecule has 1 aliphatic rings. The molecule has 0 aromatic heterocycles. The van der Waals surface area contributed by atoms with Crippen molar-refractivity contribution in [2.75, 3.05) is 18.1 Å². The molecule has 1 fully saturated rings. The maximum atomic E-state index is 12.0. The Bertz CT molecular complexity index is 458. The lowest BCUT2D eigenvalue weighted by Gasteiger charge is -2.21. The van der Waals surface area contributed by atoms with Gasteiger partial charge >= 0.3 is 0 Å². The summed E-state index contributed by atoms with van der Waals surface area (Å²) in [7, 11) is 0. The van der Waals surface area contributed by atoms with Gasteiger partial charge in [-0.05, 0) is 30.7 Å². The van der Waals surface area contributed by atoms with Crippen molar-refractivity contribution in [1.29, 1.82) is 0 Å². The van der Waals surface area contributed by atoms with Gasteiger partial charge in [0.15, 0.2) is 0 Å². The molecule has 3 nitrogen and oxygen atoms in total. The Balaban J connectivity index is 2.01. The summed E-state index contributed by atoms with van der Waals surface area (Å²) < 4.78 is 0. The number of aliphatic hydroxyl groups is 1. The summed E-state index contributed by atoms with van der Waals surface area (Å²) in [5, 5.41) is 13.4. The van der Waals surface area contributed by atoms with Crippen LogP contribution in [-0.2, 0) is 0 Å². The molecule has 98 valence electrons. The third-order valence-corrected chi connectivity index (χ3v) is 4.83. The minimum atomic E-state index is -0.767. The molecule has 1 amide bonds. The number of rotatable bonds is 3. The van der Waals surface area contributed by atoms with Crippen LogP contribution in [0.3, 0.4) is 0 Å². The first kappa shape index (κ1) is 13.7. The SMILES string of the molecule is Cc1cccc(C(=O)NCC2(O)CCSC2)c1Cl. The van der Waals surface area contributed by atoms with E-state index in [4.69, 9.17) is 11.6 Å². The second-order valence-electron chi connectivity index (χ2n) is 4.65.